The average molecular weight is 243 g/mol. The molecule has 0 saturated heterocycles. The minimum Gasteiger partial charge on any atom is -0.308 e. The molecule has 0 aliphatic heterocycles. The summed E-state index contributed by atoms with van der Waals surface area (Å²) in [6.07, 6.45) is 2.49. The largest absolute Gasteiger partial charge is 0.308 e. The fourth-order valence-electron chi connectivity index (χ4n) is 1.86. The van der Waals surface area contributed by atoms with Gasteiger partial charge in [0.25, 0.3) is 0 Å². The molecule has 0 unspecified atom stereocenters. The van der Waals surface area contributed by atoms with Gasteiger partial charge in [0, 0.05) is 12.1 Å². The number of aromatic nitrogens is 2. The molecule has 0 radical (unpaired) electrons. The first-order chi connectivity index (χ1) is 8.72. The lowest BCUT2D eigenvalue weighted by Crippen LogP contribution is -2.19. The topological polar surface area (TPSA) is 38.1 Å². The highest BCUT2D eigenvalue weighted by molar-refractivity contribution is 5.85. The number of benzene rings is 1. The van der Waals surface area contributed by atoms with E-state index in [0.717, 1.165) is 30.6 Å². The maximum atomic E-state index is 11.1. The Kier molecular flexibility index (Phi) is 3.89. The standard InChI is InChI=1S/C14H17N3O/c1-16(2)8-9-17-14(13(11-18)10-15-17)12-6-4-3-5-7-12/h3-7,10-11H,8-9H2,1-2H3. The lowest BCUT2D eigenvalue weighted by molar-refractivity contribution is 0.112. The van der Waals surface area contributed by atoms with Gasteiger partial charge in [0.15, 0.2) is 6.29 Å². The minimum atomic E-state index is 0.639. The molecule has 1 aromatic carbocycles. The Labute approximate surface area is 107 Å². The van der Waals surface area contributed by atoms with Gasteiger partial charge in [0.1, 0.15) is 0 Å². The Balaban J connectivity index is 2.37. The van der Waals surface area contributed by atoms with E-state index >= 15 is 0 Å². The van der Waals surface area contributed by atoms with Gasteiger partial charge in [-0.3, -0.25) is 9.48 Å². The Morgan fingerprint density at radius 1 is 1.28 bits per heavy atom. The third-order valence-corrected chi connectivity index (χ3v) is 2.80. The predicted molar refractivity (Wildman–Crippen MR) is 71.6 cm³/mol. The van der Waals surface area contributed by atoms with Crippen molar-refractivity contribution >= 4 is 6.29 Å². The Hall–Kier alpha value is -1.94. The first kappa shape index (κ1) is 12.5. The van der Waals surface area contributed by atoms with Gasteiger partial charge in [-0.1, -0.05) is 30.3 Å². The number of aldehydes is 1. The highest BCUT2D eigenvalue weighted by Crippen LogP contribution is 2.22. The van der Waals surface area contributed by atoms with Crippen molar-refractivity contribution in [3.05, 3.63) is 42.1 Å². The fourth-order valence-corrected chi connectivity index (χ4v) is 1.86. The Morgan fingerprint density at radius 3 is 2.61 bits per heavy atom. The van der Waals surface area contributed by atoms with Crippen molar-refractivity contribution < 1.29 is 4.79 Å². The van der Waals surface area contributed by atoms with Gasteiger partial charge >= 0.3 is 0 Å². The second kappa shape index (κ2) is 5.60. The number of carbonyl (C=O) groups excluding carboxylic acids is 1. The van der Waals surface area contributed by atoms with Gasteiger partial charge in [-0.05, 0) is 14.1 Å². The zero-order chi connectivity index (χ0) is 13.0. The summed E-state index contributed by atoms with van der Waals surface area (Å²) in [6, 6.07) is 9.89. The van der Waals surface area contributed by atoms with Crippen molar-refractivity contribution in [1.29, 1.82) is 0 Å². The first-order valence-corrected chi connectivity index (χ1v) is 5.93. The third kappa shape index (κ3) is 2.65. The van der Waals surface area contributed by atoms with Gasteiger partial charge in [-0.2, -0.15) is 5.10 Å². The maximum Gasteiger partial charge on any atom is 0.153 e. The van der Waals surface area contributed by atoms with Gasteiger partial charge in [-0.25, -0.2) is 0 Å². The van der Waals surface area contributed by atoms with E-state index in [1.54, 1.807) is 6.20 Å². The molecule has 94 valence electrons. The van der Waals surface area contributed by atoms with Gasteiger partial charge in [0.05, 0.1) is 24.0 Å². The maximum absolute atomic E-state index is 11.1. The molecule has 18 heavy (non-hydrogen) atoms. The van der Waals surface area contributed by atoms with Gasteiger partial charge in [-0.15, -0.1) is 0 Å². The van der Waals surface area contributed by atoms with Gasteiger partial charge < -0.3 is 4.90 Å². The van der Waals surface area contributed by atoms with Crippen LogP contribution in [0.5, 0.6) is 0 Å². The Bertz CT molecular complexity index is 517. The van der Waals surface area contributed by atoms with Crippen LogP contribution in [0.25, 0.3) is 11.3 Å². The van der Waals surface area contributed by atoms with Crippen LogP contribution in [0.15, 0.2) is 36.5 Å². The van der Waals surface area contributed by atoms with E-state index in [9.17, 15) is 4.79 Å². The zero-order valence-corrected chi connectivity index (χ0v) is 10.7. The number of nitrogens with zero attached hydrogens (tertiary/aromatic N) is 3. The molecule has 4 heteroatoms. The van der Waals surface area contributed by atoms with Crippen LogP contribution in [0, 0.1) is 0 Å². The summed E-state index contributed by atoms with van der Waals surface area (Å²) in [7, 11) is 4.04. The second-order valence-corrected chi connectivity index (χ2v) is 4.46. The van der Waals surface area contributed by atoms with Crippen LogP contribution in [0.2, 0.25) is 0 Å². The molecule has 0 spiro atoms. The zero-order valence-electron chi connectivity index (χ0n) is 10.7. The van der Waals surface area contributed by atoms with E-state index in [-0.39, 0.29) is 0 Å². The molecular weight excluding hydrogens is 226 g/mol. The van der Waals surface area contributed by atoms with Crippen molar-refractivity contribution in [2.45, 2.75) is 6.54 Å². The second-order valence-electron chi connectivity index (χ2n) is 4.46. The fraction of sp³-hybridized carbons (Fsp3) is 0.286. The monoisotopic (exact) mass is 243 g/mol. The van der Waals surface area contributed by atoms with Crippen molar-refractivity contribution in [1.82, 2.24) is 14.7 Å². The van der Waals surface area contributed by atoms with E-state index in [1.807, 2.05) is 49.1 Å². The van der Waals surface area contributed by atoms with Crippen LogP contribution in [-0.2, 0) is 6.54 Å². The molecule has 0 atom stereocenters. The Morgan fingerprint density at radius 2 is 2.00 bits per heavy atom. The van der Waals surface area contributed by atoms with Gasteiger partial charge in [0.2, 0.25) is 0 Å². The summed E-state index contributed by atoms with van der Waals surface area (Å²) in [4.78, 5) is 13.2. The van der Waals surface area contributed by atoms with E-state index in [2.05, 4.69) is 10.00 Å². The summed E-state index contributed by atoms with van der Waals surface area (Å²) in [5.74, 6) is 0. The van der Waals surface area contributed by atoms with Crippen LogP contribution in [0.3, 0.4) is 0 Å². The molecule has 2 rings (SSSR count). The first-order valence-electron chi connectivity index (χ1n) is 5.93. The SMILES string of the molecule is CN(C)CCn1ncc(C=O)c1-c1ccccc1. The molecule has 0 fully saturated rings. The van der Waals surface area contributed by atoms with E-state index in [4.69, 9.17) is 0 Å². The number of carbonyl (C=O) groups is 1. The van der Waals surface area contributed by atoms with E-state index in [0.29, 0.717) is 5.56 Å². The lowest BCUT2D eigenvalue weighted by Gasteiger charge is -2.12. The molecule has 4 nitrogen and oxygen atoms in total. The molecule has 0 N–H and O–H groups in total. The number of hydrogen-bond acceptors (Lipinski definition) is 3. The molecule has 1 heterocycles. The van der Waals surface area contributed by atoms with Crippen LogP contribution < -0.4 is 0 Å². The van der Waals surface area contributed by atoms with Crippen LogP contribution in [-0.4, -0.2) is 41.6 Å². The molecule has 2 aromatic rings. The summed E-state index contributed by atoms with van der Waals surface area (Å²) in [5, 5.41) is 4.29. The van der Waals surface area contributed by atoms with E-state index in [1.165, 1.54) is 0 Å². The molecule has 0 bridgehead atoms. The molecular formula is C14H17N3O. The third-order valence-electron chi connectivity index (χ3n) is 2.80. The molecule has 1 aromatic heterocycles. The predicted octanol–water partition coefficient (Wildman–Crippen LogP) is 1.92. The molecule has 0 amide bonds. The highest BCUT2D eigenvalue weighted by Gasteiger charge is 2.12. The summed E-state index contributed by atoms with van der Waals surface area (Å²) in [5.41, 5.74) is 2.56. The quantitative estimate of drug-likeness (QED) is 0.753. The highest BCUT2D eigenvalue weighted by atomic mass is 16.1. The van der Waals surface area contributed by atoms with Crippen molar-refractivity contribution in [2.24, 2.45) is 0 Å². The van der Waals surface area contributed by atoms with Crippen molar-refractivity contribution in [3.8, 4) is 11.3 Å². The van der Waals surface area contributed by atoms with Crippen LogP contribution in [0.4, 0.5) is 0 Å². The smallest absolute Gasteiger partial charge is 0.153 e. The average Bonchev–Trinajstić information content (AvgIpc) is 2.80. The number of rotatable bonds is 5. The molecule has 0 aliphatic rings. The van der Waals surface area contributed by atoms with Crippen molar-refractivity contribution in [2.75, 3.05) is 20.6 Å². The molecule has 0 saturated carbocycles. The van der Waals surface area contributed by atoms with Crippen LogP contribution >= 0.6 is 0 Å². The molecule has 0 aliphatic carbocycles. The summed E-state index contributed by atoms with van der Waals surface area (Å²) in [6.45, 7) is 1.66. The number of hydrogen-bond donors (Lipinski definition) is 0. The van der Waals surface area contributed by atoms with Crippen LogP contribution in [0.1, 0.15) is 10.4 Å². The normalized spacial score (nSPS) is 10.8. The van der Waals surface area contributed by atoms with Crippen molar-refractivity contribution in [3.63, 3.8) is 0 Å². The van der Waals surface area contributed by atoms with E-state index < -0.39 is 0 Å². The summed E-state index contributed by atoms with van der Waals surface area (Å²) < 4.78 is 1.89. The lowest BCUT2D eigenvalue weighted by atomic mass is 10.1. The minimum absolute atomic E-state index is 0.639. The summed E-state index contributed by atoms with van der Waals surface area (Å²) >= 11 is 0. The number of likely N-dealkylation sites (N-methyl/N-ethyl adjacent to an activating group) is 1.